The summed E-state index contributed by atoms with van der Waals surface area (Å²) in [6.07, 6.45) is 0.621. The van der Waals surface area contributed by atoms with Crippen LogP contribution >= 0.6 is 23.5 Å². The molecule has 23 heavy (non-hydrogen) atoms. The van der Waals surface area contributed by atoms with E-state index in [9.17, 15) is 18.6 Å². The second-order valence-corrected chi connectivity index (χ2v) is 8.36. The molecule has 0 bridgehead atoms. The number of rotatable bonds is 9. The molecular weight excluding hydrogens is 377 g/mol. The quantitative estimate of drug-likeness (QED) is 0.256. The fourth-order valence-electron chi connectivity index (χ4n) is 1.31. The molecule has 0 radical (unpaired) electrons. The number of nitrogens with two attached hydrogens (primary N) is 1. The zero-order valence-electron chi connectivity index (χ0n) is 11.4. The number of hydrogen-bond donors (Lipinski definition) is 6. The van der Waals surface area contributed by atoms with E-state index in [1.807, 2.05) is 5.48 Å². The largest absolute Gasteiger partial charge is 0.502 e. The summed E-state index contributed by atoms with van der Waals surface area (Å²) in [7, 11) is -16.2. The van der Waals surface area contributed by atoms with Crippen LogP contribution in [0.2, 0.25) is 0 Å². The third kappa shape index (κ3) is 8.71. The minimum absolute atomic E-state index is 0.201. The Morgan fingerprint density at radius 1 is 0.957 bits per heavy atom. The van der Waals surface area contributed by atoms with E-state index < -0.39 is 23.5 Å². The third-order valence-corrected chi connectivity index (χ3v) is 5.73. The number of benzene rings is 1. The Bertz CT molecular complexity index is 659. The molecule has 2 atom stereocenters. The van der Waals surface area contributed by atoms with Crippen LogP contribution in [0.5, 0.6) is 0 Å². The van der Waals surface area contributed by atoms with Crippen LogP contribution in [0.1, 0.15) is 5.56 Å². The minimum Gasteiger partial charge on any atom is -0.330 e. The van der Waals surface area contributed by atoms with Crippen LogP contribution in [0, 0.1) is 0 Å². The summed E-state index contributed by atoms with van der Waals surface area (Å²) < 4.78 is 44.3. The Balaban J connectivity index is 2.63. The fraction of sp³-hybridized carbons (Fsp3) is 0.250. The Morgan fingerprint density at radius 2 is 1.52 bits per heavy atom. The lowest BCUT2D eigenvalue weighted by Crippen LogP contribution is -2.04. The SMILES string of the molecule is NCCc1ccc(NOP(=O)(O)OP(=O)(O)OP(=O)(O)O)cc1. The maximum Gasteiger partial charge on any atom is 0.502 e. The Morgan fingerprint density at radius 3 is 2.00 bits per heavy atom. The number of phosphoric acid groups is 3. The first kappa shape index (κ1) is 20.4. The zero-order chi connectivity index (χ0) is 17.7. The van der Waals surface area contributed by atoms with Gasteiger partial charge in [-0.1, -0.05) is 12.1 Å². The Kier molecular flexibility index (Phi) is 7.09. The first-order valence-corrected chi connectivity index (χ1v) is 10.3. The van der Waals surface area contributed by atoms with E-state index in [4.69, 9.17) is 20.4 Å². The first-order chi connectivity index (χ1) is 10.4. The van der Waals surface area contributed by atoms with Crippen LogP contribution in [-0.2, 0) is 33.4 Å². The second-order valence-electron chi connectivity index (χ2n) is 4.02. The molecule has 0 aliphatic carbocycles. The lowest BCUT2D eigenvalue weighted by Gasteiger charge is -2.16. The molecule has 12 nitrogen and oxygen atoms in total. The Hall–Kier alpha value is -0.610. The van der Waals surface area contributed by atoms with Crippen molar-refractivity contribution in [2.75, 3.05) is 12.0 Å². The molecular formula is C8H15N2O10P3. The molecule has 7 N–H and O–H groups in total. The average Bonchev–Trinajstić information content (AvgIpc) is 2.34. The molecule has 0 fully saturated rings. The van der Waals surface area contributed by atoms with Crippen molar-refractivity contribution in [2.24, 2.45) is 5.73 Å². The van der Waals surface area contributed by atoms with Crippen molar-refractivity contribution >= 4 is 29.2 Å². The summed E-state index contributed by atoms with van der Waals surface area (Å²) in [6.45, 7) is 0.439. The van der Waals surface area contributed by atoms with Crippen molar-refractivity contribution in [3.05, 3.63) is 29.8 Å². The second kappa shape index (κ2) is 7.98. The van der Waals surface area contributed by atoms with E-state index in [1.54, 1.807) is 12.1 Å². The molecule has 0 aliphatic heterocycles. The predicted octanol–water partition coefficient (Wildman–Crippen LogP) is 0.858. The van der Waals surface area contributed by atoms with Gasteiger partial charge in [0.25, 0.3) is 0 Å². The summed E-state index contributed by atoms with van der Waals surface area (Å²) in [5.41, 5.74) is 8.46. The van der Waals surface area contributed by atoms with Gasteiger partial charge in [-0.15, -0.1) is 0 Å². The van der Waals surface area contributed by atoms with Crippen LogP contribution in [-0.4, -0.2) is 26.1 Å². The van der Waals surface area contributed by atoms with E-state index in [2.05, 4.69) is 13.2 Å². The summed E-state index contributed by atoms with van der Waals surface area (Å²) in [4.78, 5) is 34.9. The van der Waals surface area contributed by atoms with Crippen molar-refractivity contribution in [3.8, 4) is 0 Å². The predicted molar refractivity (Wildman–Crippen MR) is 77.8 cm³/mol. The Labute approximate surface area is 130 Å². The third-order valence-electron chi connectivity index (χ3n) is 2.08. The van der Waals surface area contributed by atoms with Gasteiger partial charge in [0.05, 0.1) is 5.69 Å². The van der Waals surface area contributed by atoms with E-state index in [0.29, 0.717) is 13.0 Å². The topological polar surface area (TPSA) is 198 Å². The highest BCUT2D eigenvalue weighted by molar-refractivity contribution is 7.66. The molecule has 1 rings (SSSR count). The molecule has 1 aromatic rings. The van der Waals surface area contributed by atoms with Gasteiger partial charge < -0.3 is 25.3 Å². The van der Waals surface area contributed by atoms with Gasteiger partial charge in [0.2, 0.25) is 0 Å². The van der Waals surface area contributed by atoms with Gasteiger partial charge in [0, 0.05) is 0 Å². The fourth-order valence-corrected chi connectivity index (χ4v) is 4.17. The van der Waals surface area contributed by atoms with Crippen molar-refractivity contribution in [2.45, 2.75) is 6.42 Å². The molecule has 2 unspecified atom stereocenters. The molecule has 0 aromatic heterocycles. The van der Waals surface area contributed by atoms with Gasteiger partial charge in [0.1, 0.15) is 0 Å². The number of nitrogens with one attached hydrogen (secondary N) is 1. The molecule has 0 amide bonds. The standard InChI is InChI=1S/C8H15N2O10P3/c9-6-5-7-1-3-8(4-2-7)10-18-22(14,15)20-23(16,17)19-21(11,12)13/h1-4,10H,5-6,9H2,(H,14,15)(H,16,17)(H2,11,12,13). The highest BCUT2D eigenvalue weighted by Gasteiger charge is 2.41. The first-order valence-electron chi connectivity index (χ1n) is 5.80. The molecule has 0 saturated heterocycles. The van der Waals surface area contributed by atoms with Gasteiger partial charge in [-0.05, 0) is 30.7 Å². The van der Waals surface area contributed by atoms with Crippen molar-refractivity contribution in [1.82, 2.24) is 0 Å². The van der Waals surface area contributed by atoms with Crippen molar-refractivity contribution in [1.29, 1.82) is 0 Å². The van der Waals surface area contributed by atoms with E-state index in [-0.39, 0.29) is 5.69 Å². The van der Waals surface area contributed by atoms with E-state index in [1.165, 1.54) is 12.1 Å². The van der Waals surface area contributed by atoms with Crippen LogP contribution in [0.4, 0.5) is 5.69 Å². The van der Waals surface area contributed by atoms with Gasteiger partial charge in [-0.25, -0.2) is 13.7 Å². The van der Waals surface area contributed by atoms with Crippen LogP contribution in [0.15, 0.2) is 24.3 Å². The summed E-state index contributed by atoms with van der Waals surface area (Å²) >= 11 is 0. The summed E-state index contributed by atoms with van der Waals surface area (Å²) in [5.74, 6) is 0. The monoisotopic (exact) mass is 392 g/mol. The maximum absolute atomic E-state index is 11.4. The summed E-state index contributed by atoms with van der Waals surface area (Å²) in [6, 6.07) is 6.23. The highest BCUT2D eigenvalue weighted by atomic mass is 31.3. The normalized spacial score (nSPS) is 17.3. The van der Waals surface area contributed by atoms with Gasteiger partial charge >= 0.3 is 23.5 Å². The number of anilines is 1. The molecule has 0 saturated carbocycles. The van der Waals surface area contributed by atoms with Crippen LogP contribution < -0.4 is 11.2 Å². The molecule has 1 aromatic carbocycles. The van der Waals surface area contributed by atoms with Crippen LogP contribution in [0.3, 0.4) is 0 Å². The van der Waals surface area contributed by atoms with Gasteiger partial charge in [-0.2, -0.15) is 13.2 Å². The van der Waals surface area contributed by atoms with Gasteiger partial charge in [0.15, 0.2) is 0 Å². The highest BCUT2D eigenvalue weighted by Crippen LogP contribution is 2.66. The van der Waals surface area contributed by atoms with Crippen LogP contribution in [0.25, 0.3) is 0 Å². The molecule has 15 heteroatoms. The lowest BCUT2D eigenvalue weighted by atomic mass is 10.1. The lowest BCUT2D eigenvalue weighted by molar-refractivity contribution is 0.190. The maximum atomic E-state index is 11.4. The zero-order valence-corrected chi connectivity index (χ0v) is 14.1. The smallest absolute Gasteiger partial charge is 0.330 e. The molecule has 0 aliphatic rings. The van der Waals surface area contributed by atoms with Crippen molar-refractivity contribution in [3.63, 3.8) is 0 Å². The van der Waals surface area contributed by atoms with Gasteiger partial charge in [-0.3, -0.25) is 5.48 Å². The average molecular weight is 392 g/mol. The summed E-state index contributed by atoms with van der Waals surface area (Å²) in [5, 5.41) is 0. The van der Waals surface area contributed by atoms with Crippen molar-refractivity contribution < 1.29 is 46.5 Å². The molecule has 0 heterocycles. The minimum atomic E-state index is -5.53. The molecule has 132 valence electrons. The molecule has 0 spiro atoms. The number of hydrogen-bond acceptors (Lipinski definition) is 8. The van der Waals surface area contributed by atoms with E-state index in [0.717, 1.165) is 5.56 Å². The van der Waals surface area contributed by atoms with E-state index >= 15 is 0 Å².